The number of aliphatic hydroxyl groups excluding tert-OH is 1. The van der Waals surface area contributed by atoms with Gasteiger partial charge in [0.05, 0.1) is 12.7 Å². The quantitative estimate of drug-likeness (QED) is 0.797. The molecule has 0 saturated heterocycles. The van der Waals surface area contributed by atoms with Crippen LogP contribution in [0.25, 0.3) is 6.08 Å². The van der Waals surface area contributed by atoms with Gasteiger partial charge >= 0.3 is 0 Å². The monoisotopic (exact) mass is 208 g/mol. The summed E-state index contributed by atoms with van der Waals surface area (Å²) in [6, 6.07) is 5.07. The Labute approximate surface area is 89.6 Å². The molecule has 1 unspecified atom stereocenters. The van der Waals surface area contributed by atoms with E-state index in [0.29, 0.717) is 12.4 Å². The molecule has 0 bridgehead atoms. The maximum Gasteiger partial charge on any atom is 0.161 e. The van der Waals surface area contributed by atoms with Crippen LogP contribution in [0.4, 0.5) is 0 Å². The van der Waals surface area contributed by atoms with E-state index >= 15 is 0 Å². The van der Waals surface area contributed by atoms with E-state index in [1.807, 2.05) is 6.92 Å². The average molecular weight is 208 g/mol. The summed E-state index contributed by atoms with van der Waals surface area (Å²) in [6.45, 7) is 4.05. The molecule has 0 spiro atoms. The fourth-order valence-electron chi connectivity index (χ4n) is 1.16. The number of rotatable bonds is 4. The molecule has 0 saturated carbocycles. The molecule has 0 amide bonds. The van der Waals surface area contributed by atoms with Crippen LogP contribution in [0.2, 0.25) is 0 Å². The van der Waals surface area contributed by atoms with E-state index in [4.69, 9.17) is 9.84 Å². The van der Waals surface area contributed by atoms with E-state index in [0.717, 1.165) is 5.56 Å². The Morgan fingerprint density at radius 3 is 2.80 bits per heavy atom. The smallest absolute Gasteiger partial charge is 0.161 e. The first kappa shape index (κ1) is 11.6. The molecule has 0 radical (unpaired) electrons. The second kappa shape index (κ2) is 5.41. The maximum absolute atomic E-state index is 9.44. The third-order valence-electron chi connectivity index (χ3n) is 1.85. The summed E-state index contributed by atoms with van der Waals surface area (Å²) in [7, 11) is 0. The van der Waals surface area contributed by atoms with Gasteiger partial charge in [-0.05, 0) is 31.5 Å². The number of aromatic hydroxyl groups is 1. The normalized spacial score (nSPS) is 13.0. The Kier molecular flexibility index (Phi) is 4.18. The second-order valence-corrected chi connectivity index (χ2v) is 3.26. The molecule has 0 fully saturated rings. The van der Waals surface area contributed by atoms with Crippen molar-refractivity contribution >= 4 is 6.08 Å². The maximum atomic E-state index is 9.44. The van der Waals surface area contributed by atoms with Crippen LogP contribution in [0.3, 0.4) is 0 Å². The Morgan fingerprint density at radius 2 is 2.20 bits per heavy atom. The van der Waals surface area contributed by atoms with Crippen LogP contribution in [0.1, 0.15) is 19.4 Å². The van der Waals surface area contributed by atoms with E-state index in [-0.39, 0.29) is 5.75 Å². The first-order chi connectivity index (χ1) is 7.13. The Balaban J connectivity index is 2.87. The molecule has 3 nitrogen and oxygen atoms in total. The summed E-state index contributed by atoms with van der Waals surface area (Å²) in [5.41, 5.74) is 0.886. The van der Waals surface area contributed by atoms with Crippen LogP contribution in [0.15, 0.2) is 24.3 Å². The molecule has 1 aromatic rings. The highest BCUT2D eigenvalue weighted by molar-refractivity contribution is 5.55. The van der Waals surface area contributed by atoms with Crippen LogP contribution in [-0.2, 0) is 0 Å². The van der Waals surface area contributed by atoms with E-state index < -0.39 is 6.10 Å². The molecule has 0 aromatic heterocycles. The lowest BCUT2D eigenvalue weighted by Crippen LogP contribution is -1.93. The van der Waals surface area contributed by atoms with Gasteiger partial charge in [0.15, 0.2) is 11.5 Å². The van der Waals surface area contributed by atoms with Gasteiger partial charge < -0.3 is 14.9 Å². The number of aliphatic hydroxyl groups is 1. The predicted molar refractivity (Wildman–Crippen MR) is 60.0 cm³/mol. The standard InChI is InChI=1S/C12H16O3/c1-3-15-12-8-10(5-4-9(2)13)6-7-11(12)14/h4-9,13-14H,3H2,1-2H3/b5-4+. The number of phenolic OH excluding ortho intramolecular Hbond substituents is 1. The largest absolute Gasteiger partial charge is 0.504 e. The second-order valence-electron chi connectivity index (χ2n) is 3.26. The molecule has 0 aliphatic heterocycles. The lowest BCUT2D eigenvalue weighted by Gasteiger charge is -2.06. The molecular weight excluding hydrogens is 192 g/mol. The van der Waals surface area contributed by atoms with Crippen molar-refractivity contribution in [3.05, 3.63) is 29.8 Å². The molecule has 0 aliphatic carbocycles. The third kappa shape index (κ3) is 3.64. The highest BCUT2D eigenvalue weighted by Gasteiger charge is 2.01. The van der Waals surface area contributed by atoms with E-state index in [2.05, 4.69) is 0 Å². The van der Waals surface area contributed by atoms with Crippen molar-refractivity contribution < 1.29 is 14.9 Å². The van der Waals surface area contributed by atoms with Crippen molar-refractivity contribution in [1.82, 2.24) is 0 Å². The van der Waals surface area contributed by atoms with Crippen LogP contribution in [0.5, 0.6) is 11.5 Å². The molecule has 1 atom stereocenters. The lowest BCUT2D eigenvalue weighted by atomic mass is 10.1. The summed E-state index contributed by atoms with van der Waals surface area (Å²) >= 11 is 0. The topological polar surface area (TPSA) is 49.7 Å². The van der Waals surface area contributed by atoms with Crippen LogP contribution in [0, 0.1) is 0 Å². The minimum Gasteiger partial charge on any atom is -0.504 e. The summed E-state index contributed by atoms with van der Waals surface area (Å²) in [6.07, 6.45) is 2.98. The Bertz CT molecular complexity index is 343. The van der Waals surface area contributed by atoms with Gasteiger partial charge in [-0.25, -0.2) is 0 Å². The van der Waals surface area contributed by atoms with Gasteiger partial charge in [-0.1, -0.05) is 18.2 Å². The SMILES string of the molecule is CCOc1cc(/C=C/C(C)O)ccc1O. The number of hydrogen-bond acceptors (Lipinski definition) is 3. The average Bonchev–Trinajstić information content (AvgIpc) is 2.19. The van der Waals surface area contributed by atoms with Crippen LogP contribution >= 0.6 is 0 Å². The third-order valence-corrected chi connectivity index (χ3v) is 1.85. The molecule has 0 aliphatic rings. The summed E-state index contributed by atoms with van der Waals surface area (Å²) in [5.74, 6) is 0.594. The van der Waals surface area contributed by atoms with Gasteiger partial charge in [0.25, 0.3) is 0 Å². The summed E-state index contributed by atoms with van der Waals surface area (Å²) in [4.78, 5) is 0. The minimum absolute atomic E-state index is 0.131. The fraction of sp³-hybridized carbons (Fsp3) is 0.333. The van der Waals surface area contributed by atoms with Crippen molar-refractivity contribution in [3.63, 3.8) is 0 Å². The fourth-order valence-corrected chi connectivity index (χ4v) is 1.16. The van der Waals surface area contributed by atoms with Crippen LogP contribution in [-0.4, -0.2) is 22.9 Å². The molecule has 15 heavy (non-hydrogen) atoms. The van der Waals surface area contributed by atoms with Gasteiger partial charge in [-0.2, -0.15) is 0 Å². The molecule has 2 N–H and O–H groups in total. The number of benzene rings is 1. The zero-order valence-corrected chi connectivity index (χ0v) is 8.97. The van der Waals surface area contributed by atoms with Crippen molar-refractivity contribution in [1.29, 1.82) is 0 Å². The molecule has 3 heteroatoms. The highest BCUT2D eigenvalue weighted by atomic mass is 16.5. The van der Waals surface area contributed by atoms with Gasteiger partial charge in [0.1, 0.15) is 0 Å². The van der Waals surface area contributed by atoms with E-state index in [1.165, 1.54) is 0 Å². The van der Waals surface area contributed by atoms with Gasteiger partial charge in [-0.3, -0.25) is 0 Å². The Hall–Kier alpha value is -1.48. The molecule has 82 valence electrons. The van der Waals surface area contributed by atoms with Gasteiger partial charge in [0.2, 0.25) is 0 Å². The zero-order valence-electron chi connectivity index (χ0n) is 8.97. The summed E-state index contributed by atoms with van der Waals surface area (Å²) in [5, 5.41) is 18.5. The minimum atomic E-state index is -0.477. The Morgan fingerprint density at radius 1 is 1.47 bits per heavy atom. The van der Waals surface area contributed by atoms with Crippen molar-refractivity contribution in [2.45, 2.75) is 20.0 Å². The van der Waals surface area contributed by atoms with E-state index in [9.17, 15) is 5.11 Å². The lowest BCUT2D eigenvalue weighted by molar-refractivity contribution is 0.245. The van der Waals surface area contributed by atoms with Crippen molar-refractivity contribution in [2.24, 2.45) is 0 Å². The molecular formula is C12H16O3. The number of ether oxygens (including phenoxy) is 1. The summed E-state index contributed by atoms with van der Waals surface area (Å²) < 4.78 is 5.24. The molecule has 0 heterocycles. The number of hydrogen-bond donors (Lipinski definition) is 2. The molecule has 1 aromatic carbocycles. The van der Waals surface area contributed by atoms with Crippen LogP contribution < -0.4 is 4.74 Å². The first-order valence-corrected chi connectivity index (χ1v) is 4.95. The van der Waals surface area contributed by atoms with Gasteiger partial charge in [-0.15, -0.1) is 0 Å². The van der Waals surface area contributed by atoms with Gasteiger partial charge in [0, 0.05) is 0 Å². The molecule has 1 rings (SSSR count). The predicted octanol–water partition coefficient (Wildman–Crippen LogP) is 2.18. The number of phenols is 1. The first-order valence-electron chi connectivity index (χ1n) is 4.95. The van der Waals surface area contributed by atoms with Crippen molar-refractivity contribution in [2.75, 3.05) is 6.61 Å². The van der Waals surface area contributed by atoms with Crippen molar-refractivity contribution in [3.8, 4) is 11.5 Å². The zero-order chi connectivity index (χ0) is 11.3. The van der Waals surface area contributed by atoms with E-state index in [1.54, 1.807) is 37.3 Å². The highest BCUT2D eigenvalue weighted by Crippen LogP contribution is 2.27.